The number of benzene rings is 2. The molecular weight excluding hydrogens is 276 g/mol. The van der Waals surface area contributed by atoms with Crippen molar-refractivity contribution in [2.24, 2.45) is 0 Å². The van der Waals surface area contributed by atoms with E-state index in [1.54, 1.807) is 0 Å². The Morgan fingerprint density at radius 1 is 1.23 bits per heavy atom. The van der Waals surface area contributed by atoms with E-state index in [1.165, 1.54) is 12.7 Å². The van der Waals surface area contributed by atoms with Crippen LogP contribution in [0, 0.1) is 0 Å². The predicted molar refractivity (Wildman–Crippen MR) is 85.5 cm³/mol. The lowest BCUT2D eigenvalue weighted by molar-refractivity contribution is 0.0600. The minimum absolute atomic E-state index is 0.0240. The molecule has 0 aromatic heterocycles. The summed E-state index contributed by atoms with van der Waals surface area (Å²) in [6, 6.07) is 13.6. The molecule has 0 bridgehead atoms. The first-order chi connectivity index (χ1) is 10.7. The van der Waals surface area contributed by atoms with Gasteiger partial charge in [0.15, 0.2) is 0 Å². The fourth-order valence-corrected chi connectivity index (χ4v) is 2.88. The molecule has 2 aromatic carbocycles. The zero-order chi connectivity index (χ0) is 15.5. The fraction of sp³-hybridized carbons (Fsp3) is 0.211. The lowest BCUT2D eigenvalue weighted by Gasteiger charge is -2.19. The van der Waals surface area contributed by atoms with Crippen LogP contribution >= 0.6 is 0 Å². The van der Waals surface area contributed by atoms with Crippen molar-refractivity contribution in [2.75, 3.05) is 7.11 Å². The Morgan fingerprint density at radius 3 is 2.86 bits per heavy atom. The van der Waals surface area contributed by atoms with Gasteiger partial charge in [-0.2, -0.15) is 0 Å². The molecule has 0 saturated carbocycles. The molecule has 3 nitrogen and oxygen atoms in total. The van der Waals surface area contributed by atoms with Crippen LogP contribution < -0.4 is 0 Å². The number of aryl methyl sites for hydroxylation is 1. The van der Waals surface area contributed by atoms with Crippen molar-refractivity contribution in [3.8, 4) is 0 Å². The Balaban J connectivity index is 2.08. The number of aliphatic hydroxyl groups is 1. The highest BCUT2D eigenvalue weighted by atomic mass is 16.5. The number of carbonyl (C=O) groups excluding carboxylic acids is 1. The van der Waals surface area contributed by atoms with Gasteiger partial charge in [-0.25, -0.2) is 4.79 Å². The number of esters is 1. The second-order valence-electron chi connectivity index (χ2n) is 5.38. The summed E-state index contributed by atoms with van der Waals surface area (Å²) in [4.78, 5) is 11.8. The molecule has 0 unspecified atom stereocenters. The molecule has 0 saturated heterocycles. The molecule has 0 aliphatic heterocycles. The second kappa shape index (κ2) is 6.16. The Kier molecular flexibility index (Phi) is 4.07. The van der Waals surface area contributed by atoms with E-state index in [0.29, 0.717) is 5.56 Å². The zero-order valence-electron chi connectivity index (χ0n) is 12.5. The van der Waals surface area contributed by atoms with Crippen molar-refractivity contribution in [2.45, 2.75) is 19.4 Å². The molecule has 0 atom stereocenters. The van der Waals surface area contributed by atoms with E-state index in [2.05, 4.69) is 6.08 Å². The number of hydrogen-bond acceptors (Lipinski definition) is 3. The van der Waals surface area contributed by atoms with E-state index < -0.39 is 0 Å². The molecule has 1 aliphatic carbocycles. The third kappa shape index (κ3) is 2.68. The first-order valence-electron chi connectivity index (χ1n) is 7.35. The summed E-state index contributed by atoms with van der Waals surface area (Å²) in [5.41, 5.74) is 5.93. The quantitative estimate of drug-likeness (QED) is 0.883. The number of rotatable bonds is 3. The number of aliphatic hydroxyl groups excluding tert-OH is 1. The third-order valence-electron chi connectivity index (χ3n) is 4.00. The van der Waals surface area contributed by atoms with E-state index in [9.17, 15) is 9.90 Å². The predicted octanol–water partition coefficient (Wildman–Crippen LogP) is 3.34. The van der Waals surface area contributed by atoms with E-state index >= 15 is 0 Å². The lowest BCUT2D eigenvalue weighted by atomic mass is 9.85. The fourth-order valence-electron chi connectivity index (χ4n) is 2.88. The third-order valence-corrected chi connectivity index (χ3v) is 4.00. The average molecular weight is 294 g/mol. The van der Waals surface area contributed by atoms with Gasteiger partial charge in [0.05, 0.1) is 19.3 Å². The Hall–Kier alpha value is -2.39. The molecule has 22 heavy (non-hydrogen) atoms. The van der Waals surface area contributed by atoms with Gasteiger partial charge in [0, 0.05) is 0 Å². The topological polar surface area (TPSA) is 46.5 Å². The smallest absolute Gasteiger partial charge is 0.337 e. The van der Waals surface area contributed by atoms with Crippen molar-refractivity contribution in [1.29, 1.82) is 0 Å². The van der Waals surface area contributed by atoms with Gasteiger partial charge in [0.25, 0.3) is 0 Å². The van der Waals surface area contributed by atoms with E-state index in [4.69, 9.17) is 4.74 Å². The molecule has 1 aliphatic rings. The highest BCUT2D eigenvalue weighted by molar-refractivity contribution is 5.92. The van der Waals surface area contributed by atoms with Crippen molar-refractivity contribution >= 4 is 11.5 Å². The minimum atomic E-state index is -0.322. The number of carbonyl (C=O) groups is 1. The van der Waals surface area contributed by atoms with Crippen molar-refractivity contribution in [3.05, 3.63) is 76.4 Å². The van der Waals surface area contributed by atoms with E-state index in [1.807, 2.05) is 42.5 Å². The first kappa shape index (κ1) is 14.5. The summed E-state index contributed by atoms with van der Waals surface area (Å²) >= 11 is 0. The molecular formula is C19H18O3. The molecule has 1 N–H and O–H groups in total. The highest BCUT2D eigenvalue weighted by Gasteiger charge is 2.17. The molecule has 2 aromatic rings. The van der Waals surface area contributed by atoms with Crippen LogP contribution in [-0.4, -0.2) is 18.2 Å². The molecule has 3 rings (SSSR count). The second-order valence-corrected chi connectivity index (χ2v) is 5.38. The number of ether oxygens (including phenoxy) is 1. The summed E-state index contributed by atoms with van der Waals surface area (Å²) in [6.45, 7) is 0.0240. The van der Waals surface area contributed by atoms with Gasteiger partial charge in [-0.3, -0.25) is 0 Å². The van der Waals surface area contributed by atoms with Crippen LogP contribution in [0.3, 0.4) is 0 Å². The summed E-state index contributed by atoms with van der Waals surface area (Å²) in [5, 5.41) is 9.32. The standard InChI is InChI=1S/C19H18O3/c1-22-19(21)16-9-8-14-5-3-7-17(18(14)11-16)15-6-2-4-13(10-15)12-20/h2,4,6-11,20H,3,5,12H2,1H3. The van der Waals surface area contributed by atoms with Crippen LogP contribution in [0.1, 0.15) is 39.0 Å². The Labute approximate surface area is 129 Å². The summed E-state index contributed by atoms with van der Waals surface area (Å²) in [5.74, 6) is -0.322. The maximum atomic E-state index is 11.8. The van der Waals surface area contributed by atoms with Gasteiger partial charge in [-0.1, -0.05) is 30.3 Å². The normalized spacial score (nSPS) is 13.3. The van der Waals surface area contributed by atoms with Crippen molar-refractivity contribution in [3.63, 3.8) is 0 Å². The Morgan fingerprint density at radius 2 is 2.09 bits per heavy atom. The monoisotopic (exact) mass is 294 g/mol. The molecule has 0 amide bonds. The first-order valence-corrected chi connectivity index (χ1v) is 7.35. The SMILES string of the molecule is COC(=O)c1ccc2c(c1)C(c1cccc(CO)c1)=CCC2. The molecule has 112 valence electrons. The summed E-state index contributed by atoms with van der Waals surface area (Å²) < 4.78 is 4.81. The van der Waals surface area contributed by atoms with Crippen molar-refractivity contribution < 1.29 is 14.6 Å². The summed E-state index contributed by atoms with van der Waals surface area (Å²) in [7, 11) is 1.39. The number of hydrogen-bond donors (Lipinski definition) is 1. The highest BCUT2D eigenvalue weighted by Crippen LogP contribution is 2.33. The minimum Gasteiger partial charge on any atom is -0.465 e. The van der Waals surface area contributed by atoms with E-state index in [0.717, 1.165) is 35.1 Å². The van der Waals surface area contributed by atoms with Crippen LogP contribution in [0.2, 0.25) is 0 Å². The van der Waals surface area contributed by atoms with Crippen LogP contribution in [0.5, 0.6) is 0 Å². The molecule has 0 spiro atoms. The maximum absolute atomic E-state index is 11.8. The van der Waals surface area contributed by atoms with E-state index in [-0.39, 0.29) is 12.6 Å². The van der Waals surface area contributed by atoms with Crippen LogP contribution in [0.15, 0.2) is 48.5 Å². The van der Waals surface area contributed by atoms with Gasteiger partial charge < -0.3 is 9.84 Å². The van der Waals surface area contributed by atoms with Gasteiger partial charge in [-0.15, -0.1) is 0 Å². The zero-order valence-corrected chi connectivity index (χ0v) is 12.5. The molecule has 3 heteroatoms. The average Bonchev–Trinajstić information content (AvgIpc) is 2.60. The van der Waals surface area contributed by atoms with Crippen LogP contribution in [0.25, 0.3) is 5.57 Å². The van der Waals surface area contributed by atoms with Gasteiger partial charge in [0.2, 0.25) is 0 Å². The largest absolute Gasteiger partial charge is 0.465 e. The number of fused-ring (bicyclic) bond motifs is 1. The van der Waals surface area contributed by atoms with Gasteiger partial charge in [-0.05, 0) is 58.9 Å². The maximum Gasteiger partial charge on any atom is 0.337 e. The van der Waals surface area contributed by atoms with Crippen molar-refractivity contribution in [1.82, 2.24) is 0 Å². The van der Waals surface area contributed by atoms with Gasteiger partial charge in [0.1, 0.15) is 0 Å². The molecule has 0 heterocycles. The summed E-state index contributed by atoms with van der Waals surface area (Å²) in [6.07, 6.45) is 4.14. The number of methoxy groups -OCH3 is 1. The lowest BCUT2D eigenvalue weighted by Crippen LogP contribution is -2.06. The van der Waals surface area contributed by atoms with Crippen LogP contribution in [-0.2, 0) is 17.8 Å². The number of allylic oxidation sites excluding steroid dienone is 1. The van der Waals surface area contributed by atoms with Gasteiger partial charge >= 0.3 is 5.97 Å². The molecule has 0 fully saturated rings. The Bertz CT molecular complexity index is 744. The molecule has 0 radical (unpaired) electrons. The van der Waals surface area contributed by atoms with Crippen LogP contribution in [0.4, 0.5) is 0 Å².